The Morgan fingerprint density at radius 2 is 1.68 bits per heavy atom. The average molecular weight is 389 g/mol. The van der Waals surface area contributed by atoms with Crippen LogP contribution in [0.2, 0.25) is 0 Å². The van der Waals surface area contributed by atoms with E-state index in [0.29, 0.717) is 0 Å². The number of para-hydroxylation sites is 1. The highest BCUT2D eigenvalue weighted by Crippen LogP contribution is 2.48. The smallest absolute Gasteiger partial charge is 0.263 e. The highest BCUT2D eigenvalue weighted by atomic mass is 32.2. The predicted molar refractivity (Wildman–Crippen MR) is 116 cm³/mol. The van der Waals surface area contributed by atoms with Gasteiger partial charge in [-0.25, -0.2) is 4.98 Å². The summed E-state index contributed by atoms with van der Waals surface area (Å²) in [6, 6.07) is 18.5. The molecule has 1 saturated carbocycles. The molecule has 0 saturated heterocycles. The summed E-state index contributed by atoms with van der Waals surface area (Å²) < 4.78 is 1.83. The lowest BCUT2D eigenvalue weighted by Gasteiger charge is -2.42. The zero-order valence-corrected chi connectivity index (χ0v) is 17.0. The van der Waals surface area contributed by atoms with Crippen LogP contribution in [0.15, 0.2) is 64.5 Å². The number of thioether (sulfide) groups is 1. The molecule has 1 fully saturated rings. The van der Waals surface area contributed by atoms with E-state index in [0.717, 1.165) is 46.9 Å². The number of benzene rings is 2. The molecule has 2 aliphatic rings. The largest absolute Gasteiger partial charge is 0.268 e. The number of fused-ring (bicyclic) bond motifs is 4. The van der Waals surface area contributed by atoms with Crippen LogP contribution in [0, 0.1) is 0 Å². The molecule has 0 amide bonds. The van der Waals surface area contributed by atoms with Gasteiger partial charge < -0.3 is 0 Å². The van der Waals surface area contributed by atoms with Crippen molar-refractivity contribution in [3.05, 3.63) is 76.1 Å². The molecule has 0 aliphatic heterocycles. The third-order valence-corrected chi connectivity index (χ3v) is 7.03. The Labute approximate surface area is 169 Å². The summed E-state index contributed by atoms with van der Waals surface area (Å²) in [6.45, 7) is 0. The van der Waals surface area contributed by atoms with Gasteiger partial charge in [0.25, 0.3) is 5.56 Å². The van der Waals surface area contributed by atoms with E-state index in [2.05, 4.69) is 24.3 Å². The molecule has 0 unspecified atom stereocenters. The molecule has 5 rings (SSSR count). The molecule has 0 atom stereocenters. The van der Waals surface area contributed by atoms with E-state index in [1.165, 1.54) is 36.6 Å². The Morgan fingerprint density at radius 1 is 0.964 bits per heavy atom. The van der Waals surface area contributed by atoms with Crippen molar-refractivity contribution in [1.29, 1.82) is 0 Å². The Kier molecular flexibility index (Phi) is 4.39. The Balaban J connectivity index is 1.86. The van der Waals surface area contributed by atoms with Crippen LogP contribution in [0.25, 0.3) is 16.9 Å². The van der Waals surface area contributed by atoms with Crippen LogP contribution in [0.1, 0.15) is 43.2 Å². The summed E-state index contributed by atoms with van der Waals surface area (Å²) in [5.74, 6) is 0. The summed E-state index contributed by atoms with van der Waals surface area (Å²) in [7, 11) is 0. The van der Waals surface area contributed by atoms with Gasteiger partial charge in [0.2, 0.25) is 0 Å². The minimum atomic E-state index is -0.0700. The van der Waals surface area contributed by atoms with Gasteiger partial charge in [-0.15, -0.1) is 0 Å². The van der Waals surface area contributed by atoms with E-state index >= 15 is 0 Å². The minimum absolute atomic E-state index is 0.0700. The third kappa shape index (κ3) is 2.66. The molecule has 1 spiro atoms. The van der Waals surface area contributed by atoms with Crippen LogP contribution >= 0.6 is 11.8 Å². The molecule has 0 bridgehead atoms. The molecule has 2 aliphatic carbocycles. The predicted octanol–water partition coefficient (Wildman–Crippen LogP) is 5.38. The summed E-state index contributed by atoms with van der Waals surface area (Å²) in [5.41, 5.74) is 5.31. The lowest BCUT2D eigenvalue weighted by atomic mass is 9.62. The molecule has 0 N–H and O–H groups in total. The molecule has 142 valence electrons. The maximum atomic E-state index is 14.0. The molecule has 4 heteroatoms. The maximum absolute atomic E-state index is 14.0. The molecular weight excluding hydrogens is 364 g/mol. The lowest BCUT2D eigenvalue weighted by molar-refractivity contribution is 0.283. The zero-order chi connectivity index (χ0) is 19.1. The van der Waals surface area contributed by atoms with E-state index in [-0.39, 0.29) is 11.0 Å². The highest BCUT2D eigenvalue weighted by Gasteiger charge is 2.43. The number of hydrogen-bond acceptors (Lipinski definition) is 3. The van der Waals surface area contributed by atoms with Gasteiger partial charge in [-0.05, 0) is 43.2 Å². The van der Waals surface area contributed by atoms with Crippen molar-refractivity contribution in [1.82, 2.24) is 9.55 Å². The lowest BCUT2D eigenvalue weighted by Crippen LogP contribution is -2.42. The normalized spacial score (nSPS) is 17.2. The first-order chi connectivity index (χ1) is 13.7. The Hall–Kier alpha value is -2.33. The minimum Gasteiger partial charge on any atom is -0.268 e. The second kappa shape index (κ2) is 6.93. The number of rotatable bonds is 2. The van der Waals surface area contributed by atoms with Crippen molar-refractivity contribution < 1.29 is 0 Å². The van der Waals surface area contributed by atoms with Gasteiger partial charge in [-0.1, -0.05) is 73.5 Å². The van der Waals surface area contributed by atoms with Crippen LogP contribution in [-0.2, 0) is 11.8 Å². The number of hydrogen-bond donors (Lipinski definition) is 0. The van der Waals surface area contributed by atoms with Gasteiger partial charge in [0.05, 0.1) is 16.9 Å². The second-order valence-corrected chi connectivity index (χ2v) is 8.75. The molecule has 3 aromatic rings. The van der Waals surface area contributed by atoms with Crippen LogP contribution in [0.5, 0.6) is 0 Å². The van der Waals surface area contributed by atoms with Crippen molar-refractivity contribution in [3.63, 3.8) is 0 Å². The summed E-state index contributed by atoms with van der Waals surface area (Å²) in [6.07, 6.45) is 8.77. The molecular formula is C24H24N2OS. The fraction of sp³-hybridized carbons (Fsp3) is 0.333. The Morgan fingerprint density at radius 3 is 2.43 bits per heavy atom. The topological polar surface area (TPSA) is 34.9 Å². The van der Waals surface area contributed by atoms with Gasteiger partial charge in [-0.2, -0.15) is 0 Å². The van der Waals surface area contributed by atoms with E-state index < -0.39 is 0 Å². The molecule has 0 radical (unpaired) electrons. The monoisotopic (exact) mass is 388 g/mol. The quantitative estimate of drug-likeness (QED) is 0.437. The van der Waals surface area contributed by atoms with Gasteiger partial charge in [0.1, 0.15) is 0 Å². The van der Waals surface area contributed by atoms with Crippen molar-refractivity contribution in [3.8, 4) is 16.9 Å². The van der Waals surface area contributed by atoms with E-state index in [4.69, 9.17) is 4.98 Å². The summed E-state index contributed by atoms with van der Waals surface area (Å²) in [4.78, 5) is 19.1. The molecule has 3 nitrogen and oxygen atoms in total. The molecule has 28 heavy (non-hydrogen) atoms. The molecule has 1 aromatic heterocycles. The molecule has 2 aromatic carbocycles. The van der Waals surface area contributed by atoms with Crippen LogP contribution in [-0.4, -0.2) is 15.8 Å². The highest BCUT2D eigenvalue weighted by molar-refractivity contribution is 7.98. The maximum Gasteiger partial charge on any atom is 0.263 e. The van der Waals surface area contributed by atoms with Crippen molar-refractivity contribution in [2.75, 3.05) is 6.26 Å². The van der Waals surface area contributed by atoms with Crippen molar-refractivity contribution in [2.45, 2.75) is 49.1 Å². The van der Waals surface area contributed by atoms with E-state index in [9.17, 15) is 4.79 Å². The fourth-order valence-corrected chi connectivity index (χ4v) is 5.68. The van der Waals surface area contributed by atoms with E-state index in [1.807, 2.05) is 41.2 Å². The fourth-order valence-electron chi connectivity index (χ4n) is 5.13. The zero-order valence-electron chi connectivity index (χ0n) is 16.1. The Bertz CT molecular complexity index is 1080. The summed E-state index contributed by atoms with van der Waals surface area (Å²) >= 11 is 1.54. The van der Waals surface area contributed by atoms with Gasteiger partial charge in [-0.3, -0.25) is 9.36 Å². The van der Waals surface area contributed by atoms with E-state index in [1.54, 1.807) is 0 Å². The van der Waals surface area contributed by atoms with Crippen LogP contribution < -0.4 is 5.56 Å². The number of nitrogens with zero attached hydrogens (tertiary/aromatic N) is 2. The first kappa shape index (κ1) is 17.7. The van der Waals surface area contributed by atoms with Crippen molar-refractivity contribution >= 4 is 11.8 Å². The van der Waals surface area contributed by atoms with Gasteiger partial charge in [0, 0.05) is 11.0 Å². The standard InChI is InChI=1S/C24H24N2OS/c1-28-23-25-21-19-13-7-6-10-17(19)16-24(14-8-3-9-15-24)20(21)22(27)26(23)18-11-4-2-5-12-18/h2,4-7,10-13H,3,8-9,14-16H2,1H3. The summed E-state index contributed by atoms with van der Waals surface area (Å²) in [5, 5.41) is 0.762. The van der Waals surface area contributed by atoms with Crippen LogP contribution in [0.3, 0.4) is 0 Å². The SMILES string of the molecule is CSc1nc2c(c(=O)n1-c1ccccc1)C1(CCCCC1)Cc1ccccc1-2. The third-order valence-electron chi connectivity index (χ3n) is 6.39. The van der Waals surface area contributed by atoms with Gasteiger partial charge >= 0.3 is 0 Å². The van der Waals surface area contributed by atoms with Crippen LogP contribution in [0.4, 0.5) is 0 Å². The van der Waals surface area contributed by atoms with Gasteiger partial charge in [0.15, 0.2) is 5.16 Å². The van der Waals surface area contributed by atoms with Crippen molar-refractivity contribution in [2.24, 2.45) is 0 Å². The number of aromatic nitrogens is 2. The first-order valence-corrected chi connectivity index (χ1v) is 11.3. The average Bonchev–Trinajstić information content (AvgIpc) is 2.74. The first-order valence-electron chi connectivity index (χ1n) is 10.1. The second-order valence-electron chi connectivity index (χ2n) is 7.97. The molecule has 1 heterocycles.